The maximum atomic E-state index is 11.3. The van der Waals surface area contributed by atoms with Gasteiger partial charge in [0.1, 0.15) is 6.61 Å². The summed E-state index contributed by atoms with van der Waals surface area (Å²) in [5.41, 5.74) is 0. The topological polar surface area (TPSA) is 38.8 Å². The average molecular weight is 259 g/mol. The van der Waals surface area contributed by atoms with Gasteiger partial charge in [0.25, 0.3) is 0 Å². The summed E-state index contributed by atoms with van der Waals surface area (Å²) in [7, 11) is 0. The molecule has 0 amide bonds. The second-order valence-corrected chi connectivity index (χ2v) is 4.32. The highest BCUT2D eigenvalue weighted by molar-refractivity contribution is 5.69. The number of carbonyl (C=O) groups excluding carboxylic acids is 1. The van der Waals surface area contributed by atoms with Gasteiger partial charge in [0.05, 0.1) is 13.2 Å². The van der Waals surface area contributed by atoms with Crippen molar-refractivity contribution in [2.45, 2.75) is 46.5 Å². The molecule has 0 aromatic carbocycles. The lowest BCUT2D eigenvalue weighted by molar-refractivity contribution is -0.145. The molecule has 0 atom stereocenters. The van der Waals surface area contributed by atoms with Crippen LogP contribution in [0.4, 0.5) is 0 Å². The second-order valence-electron chi connectivity index (χ2n) is 4.32. The Kier molecular flexibility index (Phi) is 12.4. The summed E-state index contributed by atoms with van der Waals surface area (Å²) in [4.78, 5) is 13.6. The van der Waals surface area contributed by atoms with Crippen LogP contribution >= 0.6 is 0 Å². The van der Waals surface area contributed by atoms with Crippen molar-refractivity contribution in [3.8, 4) is 0 Å². The van der Waals surface area contributed by atoms with E-state index in [1.165, 1.54) is 0 Å². The van der Waals surface area contributed by atoms with E-state index in [1.807, 2.05) is 0 Å². The van der Waals surface area contributed by atoms with Gasteiger partial charge in [0.15, 0.2) is 0 Å². The predicted molar refractivity (Wildman–Crippen MR) is 73.7 cm³/mol. The summed E-state index contributed by atoms with van der Waals surface area (Å²) in [5.74, 6) is -0.101. The minimum Gasteiger partial charge on any atom is -0.463 e. The van der Waals surface area contributed by atoms with E-state index in [4.69, 9.17) is 9.47 Å². The van der Waals surface area contributed by atoms with E-state index >= 15 is 0 Å². The van der Waals surface area contributed by atoms with Gasteiger partial charge in [-0.3, -0.25) is 4.79 Å². The Hall–Kier alpha value is -0.610. The molecule has 0 heterocycles. The molecule has 108 valence electrons. The van der Waals surface area contributed by atoms with Gasteiger partial charge < -0.3 is 14.4 Å². The van der Waals surface area contributed by atoms with Crippen LogP contribution in [0.25, 0.3) is 0 Å². The average Bonchev–Trinajstić information content (AvgIpc) is 2.38. The van der Waals surface area contributed by atoms with Gasteiger partial charge >= 0.3 is 5.97 Å². The van der Waals surface area contributed by atoms with Gasteiger partial charge in [-0.25, -0.2) is 0 Å². The van der Waals surface area contributed by atoms with E-state index in [1.54, 1.807) is 0 Å². The van der Waals surface area contributed by atoms with E-state index < -0.39 is 0 Å². The highest BCUT2D eigenvalue weighted by Gasteiger charge is 2.02. The van der Waals surface area contributed by atoms with Gasteiger partial charge in [0, 0.05) is 13.0 Å². The fourth-order valence-electron chi connectivity index (χ4n) is 1.64. The highest BCUT2D eigenvalue weighted by atomic mass is 16.6. The number of carbonyl (C=O) groups is 1. The largest absolute Gasteiger partial charge is 0.463 e. The molecule has 0 aliphatic rings. The van der Waals surface area contributed by atoms with Crippen molar-refractivity contribution >= 4 is 5.97 Å². The van der Waals surface area contributed by atoms with E-state index in [0.717, 1.165) is 38.9 Å². The van der Waals surface area contributed by atoms with Crippen molar-refractivity contribution < 1.29 is 14.3 Å². The molecule has 0 aliphatic carbocycles. The molecule has 4 heteroatoms. The fourth-order valence-corrected chi connectivity index (χ4v) is 1.64. The zero-order chi connectivity index (χ0) is 13.6. The summed E-state index contributed by atoms with van der Waals surface area (Å²) in [6.45, 7) is 11.0. The van der Waals surface area contributed by atoms with E-state index in [9.17, 15) is 4.79 Å². The number of ether oxygens (including phenoxy) is 2. The van der Waals surface area contributed by atoms with Gasteiger partial charge in [-0.1, -0.05) is 33.6 Å². The van der Waals surface area contributed by atoms with Crippen molar-refractivity contribution in [2.24, 2.45) is 0 Å². The molecule has 0 spiro atoms. The number of likely N-dealkylation sites (N-methyl/N-ethyl adjacent to an activating group) is 1. The van der Waals surface area contributed by atoms with Crippen LogP contribution in [-0.2, 0) is 14.3 Å². The third kappa shape index (κ3) is 10.5. The SMILES string of the molecule is CCCCCC(=O)OCCOCCN(CC)CC. The minimum atomic E-state index is -0.101. The van der Waals surface area contributed by atoms with Crippen molar-refractivity contribution in [1.29, 1.82) is 0 Å². The molecule has 0 saturated heterocycles. The molecular weight excluding hydrogens is 230 g/mol. The van der Waals surface area contributed by atoms with Crippen molar-refractivity contribution in [2.75, 3.05) is 39.5 Å². The molecule has 0 saturated carbocycles. The molecule has 0 aromatic rings. The lowest BCUT2D eigenvalue weighted by atomic mass is 10.2. The van der Waals surface area contributed by atoms with Crippen LogP contribution in [0.3, 0.4) is 0 Å². The third-order valence-corrected chi connectivity index (χ3v) is 2.92. The standard InChI is InChI=1S/C14H29NO3/c1-4-7-8-9-14(16)18-13-12-17-11-10-15(5-2)6-3/h4-13H2,1-3H3. The molecule has 0 radical (unpaired) electrons. The van der Waals surface area contributed by atoms with Crippen LogP contribution in [0.1, 0.15) is 46.5 Å². The van der Waals surface area contributed by atoms with Crippen LogP contribution in [0.5, 0.6) is 0 Å². The summed E-state index contributed by atoms with van der Waals surface area (Å²) in [6, 6.07) is 0. The second kappa shape index (κ2) is 12.8. The maximum absolute atomic E-state index is 11.3. The lowest BCUT2D eigenvalue weighted by Crippen LogP contribution is -2.27. The third-order valence-electron chi connectivity index (χ3n) is 2.92. The van der Waals surface area contributed by atoms with Gasteiger partial charge in [0.2, 0.25) is 0 Å². The van der Waals surface area contributed by atoms with Crippen LogP contribution in [0.2, 0.25) is 0 Å². The summed E-state index contributed by atoms with van der Waals surface area (Å²) < 4.78 is 10.5. The van der Waals surface area contributed by atoms with Gasteiger partial charge in [-0.2, -0.15) is 0 Å². The van der Waals surface area contributed by atoms with Crippen LogP contribution in [0.15, 0.2) is 0 Å². The number of esters is 1. The molecule has 18 heavy (non-hydrogen) atoms. The quantitative estimate of drug-likeness (QED) is 0.399. The van der Waals surface area contributed by atoms with E-state index in [2.05, 4.69) is 25.7 Å². The number of rotatable bonds is 12. The number of hydrogen-bond donors (Lipinski definition) is 0. The van der Waals surface area contributed by atoms with E-state index in [0.29, 0.717) is 26.2 Å². The maximum Gasteiger partial charge on any atom is 0.305 e. The minimum absolute atomic E-state index is 0.101. The molecular formula is C14H29NO3. The summed E-state index contributed by atoms with van der Waals surface area (Å²) in [5, 5.41) is 0. The number of hydrogen-bond acceptors (Lipinski definition) is 4. The Morgan fingerprint density at radius 1 is 1.00 bits per heavy atom. The lowest BCUT2D eigenvalue weighted by Gasteiger charge is -2.17. The molecule has 0 fully saturated rings. The normalized spacial score (nSPS) is 10.9. The first-order valence-corrected chi connectivity index (χ1v) is 7.20. The van der Waals surface area contributed by atoms with Crippen LogP contribution in [0, 0.1) is 0 Å². The van der Waals surface area contributed by atoms with Crippen LogP contribution in [-0.4, -0.2) is 50.3 Å². The van der Waals surface area contributed by atoms with Crippen LogP contribution < -0.4 is 0 Å². The summed E-state index contributed by atoms with van der Waals surface area (Å²) >= 11 is 0. The Morgan fingerprint density at radius 2 is 1.72 bits per heavy atom. The Bertz CT molecular complexity index is 193. The zero-order valence-electron chi connectivity index (χ0n) is 12.2. The van der Waals surface area contributed by atoms with E-state index in [-0.39, 0.29) is 5.97 Å². The Morgan fingerprint density at radius 3 is 2.33 bits per heavy atom. The molecule has 0 aliphatic heterocycles. The first-order valence-electron chi connectivity index (χ1n) is 7.20. The van der Waals surface area contributed by atoms with Gasteiger partial charge in [-0.05, 0) is 19.5 Å². The number of nitrogens with zero attached hydrogens (tertiary/aromatic N) is 1. The van der Waals surface area contributed by atoms with Gasteiger partial charge in [-0.15, -0.1) is 0 Å². The Labute approximate surface area is 112 Å². The molecule has 0 aromatic heterocycles. The first kappa shape index (κ1) is 17.4. The molecule has 0 bridgehead atoms. The zero-order valence-corrected chi connectivity index (χ0v) is 12.2. The fraction of sp³-hybridized carbons (Fsp3) is 0.929. The highest BCUT2D eigenvalue weighted by Crippen LogP contribution is 2.00. The van der Waals surface area contributed by atoms with Crippen molar-refractivity contribution in [1.82, 2.24) is 4.90 Å². The molecule has 4 nitrogen and oxygen atoms in total. The Balaban J connectivity index is 3.26. The monoisotopic (exact) mass is 259 g/mol. The first-order chi connectivity index (χ1) is 8.74. The van der Waals surface area contributed by atoms with Crippen molar-refractivity contribution in [3.63, 3.8) is 0 Å². The smallest absolute Gasteiger partial charge is 0.305 e. The molecule has 0 N–H and O–H groups in total. The molecule has 0 rings (SSSR count). The number of unbranched alkanes of at least 4 members (excludes halogenated alkanes) is 2. The molecule has 0 unspecified atom stereocenters. The predicted octanol–water partition coefficient (Wildman–Crippen LogP) is 2.47. The summed E-state index contributed by atoms with van der Waals surface area (Å²) in [6.07, 6.45) is 3.68. The van der Waals surface area contributed by atoms with Crippen molar-refractivity contribution in [3.05, 3.63) is 0 Å².